The summed E-state index contributed by atoms with van der Waals surface area (Å²) < 4.78 is 17.3. The van der Waals surface area contributed by atoms with E-state index in [2.05, 4.69) is 31.3 Å². The molecule has 3 fully saturated rings. The average molecular weight is 429 g/mol. The number of piperidine rings is 2. The molecule has 0 bridgehead atoms. The molecular formula is C22H29FN6O2. The highest BCUT2D eigenvalue weighted by molar-refractivity contribution is 6.09. The fourth-order valence-electron chi connectivity index (χ4n) is 5.18. The van der Waals surface area contributed by atoms with Crippen LogP contribution in [-0.2, 0) is 4.79 Å². The number of pyridine rings is 1. The van der Waals surface area contributed by atoms with E-state index in [0.29, 0.717) is 32.0 Å². The Labute approximate surface area is 180 Å². The summed E-state index contributed by atoms with van der Waals surface area (Å²) in [6, 6.07) is 1.95. The minimum Gasteiger partial charge on any atom is -0.343 e. The van der Waals surface area contributed by atoms with Crippen LogP contribution in [0.3, 0.4) is 0 Å². The normalized spacial score (nSPS) is 23.3. The Bertz CT molecular complexity index is 978. The van der Waals surface area contributed by atoms with E-state index >= 15 is 4.39 Å². The van der Waals surface area contributed by atoms with Crippen molar-refractivity contribution in [3.05, 3.63) is 24.7 Å². The van der Waals surface area contributed by atoms with Gasteiger partial charge in [0.1, 0.15) is 5.67 Å². The number of hydrogen-bond acceptors (Lipinski definition) is 5. The minimum absolute atomic E-state index is 0.245. The second-order valence-corrected chi connectivity index (χ2v) is 8.98. The first-order valence-electron chi connectivity index (χ1n) is 11.2. The van der Waals surface area contributed by atoms with Gasteiger partial charge in [-0.05, 0) is 44.8 Å². The average Bonchev–Trinajstić information content (AvgIpc) is 3.19. The number of carbonyl (C=O) groups is 2. The molecule has 3 aliphatic heterocycles. The highest BCUT2D eigenvalue weighted by atomic mass is 19.1. The van der Waals surface area contributed by atoms with Crippen molar-refractivity contribution in [1.82, 2.24) is 25.1 Å². The molecule has 0 unspecified atom stereocenters. The van der Waals surface area contributed by atoms with Gasteiger partial charge in [-0.2, -0.15) is 0 Å². The number of nitrogens with zero attached hydrogens (tertiary/aromatic N) is 4. The summed E-state index contributed by atoms with van der Waals surface area (Å²) in [5, 5.41) is 6.58. The minimum atomic E-state index is -1.06. The second kappa shape index (κ2) is 8.20. The van der Waals surface area contributed by atoms with E-state index < -0.39 is 11.7 Å². The molecular weight excluding hydrogens is 399 g/mol. The zero-order valence-corrected chi connectivity index (χ0v) is 17.6. The first kappa shape index (κ1) is 20.4. The molecule has 3 amide bonds. The number of fused-ring (bicyclic) bond motifs is 1. The van der Waals surface area contributed by atoms with Gasteiger partial charge in [0.05, 0.1) is 23.6 Å². The van der Waals surface area contributed by atoms with Crippen molar-refractivity contribution in [2.75, 3.05) is 44.2 Å². The second-order valence-electron chi connectivity index (χ2n) is 8.98. The molecule has 2 aromatic rings. The number of halogens is 1. The third-order valence-electron chi connectivity index (χ3n) is 6.93. The first-order chi connectivity index (χ1) is 15.0. The number of aromatic nitrogens is 2. The van der Waals surface area contributed by atoms with Crippen LogP contribution in [0, 0.1) is 0 Å². The number of amides is 3. The maximum Gasteiger partial charge on any atom is 0.328 e. The lowest BCUT2D eigenvalue weighted by atomic mass is 9.92. The first-order valence-corrected chi connectivity index (χ1v) is 11.2. The van der Waals surface area contributed by atoms with Crippen LogP contribution in [0.1, 0.15) is 38.1 Å². The topological polar surface area (TPSA) is 82.5 Å². The number of rotatable bonds is 4. The molecule has 8 nitrogen and oxygen atoms in total. The summed E-state index contributed by atoms with van der Waals surface area (Å²) in [4.78, 5) is 32.0. The molecule has 3 saturated heterocycles. The van der Waals surface area contributed by atoms with Gasteiger partial charge in [0.15, 0.2) is 0 Å². The number of imide groups is 1. The van der Waals surface area contributed by atoms with Gasteiger partial charge in [-0.25, -0.2) is 9.18 Å². The highest BCUT2D eigenvalue weighted by Crippen LogP contribution is 2.33. The van der Waals surface area contributed by atoms with E-state index in [1.54, 1.807) is 11.1 Å². The van der Waals surface area contributed by atoms with Crippen molar-refractivity contribution >= 4 is 28.5 Å². The van der Waals surface area contributed by atoms with Gasteiger partial charge < -0.3 is 14.8 Å². The Morgan fingerprint density at radius 2 is 1.90 bits per heavy atom. The number of carbonyl (C=O) groups excluding carboxylic acids is 2. The molecule has 0 atom stereocenters. The monoisotopic (exact) mass is 428 g/mol. The number of alkyl halides is 1. The van der Waals surface area contributed by atoms with Crippen LogP contribution in [-0.4, -0.2) is 71.3 Å². The summed E-state index contributed by atoms with van der Waals surface area (Å²) >= 11 is 0. The standard InChI is InChI=1S/C22H29FN6O2/c23-22(5-7-24-8-6-22)15-27-9-1-16(2-10-27)28-11-3-17-18(28)13-25-14-19(17)29-12-4-20(30)26-21(29)31/h3,11,13-14,16,24H,1-2,4-10,12,15H2,(H,26,30,31). The van der Waals surface area contributed by atoms with E-state index in [-0.39, 0.29) is 12.3 Å². The van der Waals surface area contributed by atoms with Gasteiger partial charge in [0, 0.05) is 50.2 Å². The van der Waals surface area contributed by atoms with E-state index in [1.807, 2.05) is 12.3 Å². The van der Waals surface area contributed by atoms with Crippen molar-refractivity contribution in [1.29, 1.82) is 0 Å². The summed E-state index contributed by atoms with van der Waals surface area (Å²) in [7, 11) is 0. The third-order valence-corrected chi connectivity index (χ3v) is 6.93. The molecule has 31 heavy (non-hydrogen) atoms. The Kier molecular flexibility index (Phi) is 5.39. The van der Waals surface area contributed by atoms with E-state index in [1.165, 1.54) is 0 Å². The van der Waals surface area contributed by atoms with Crippen molar-refractivity contribution in [3.63, 3.8) is 0 Å². The van der Waals surface area contributed by atoms with Crippen LogP contribution in [0.15, 0.2) is 24.7 Å². The number of urea groups is 1. The summed E-state index contributed by atoms with van der Waals surface area (Å²) in [6.07, 6.45) is 8.98. The Hall–Kier alpha value is -2.52. The van der Waals surface area contributed by atoms with Crippen LogP contribution < -0.4 is 15.5 Å². The Morgan fingerprint density at radius 3 is 2.65 bits per heavy atom. The number of hydrogen-bond donors (Lipinski definition) is 2. The Balaban J connectivity index is 1.29. The van der Waals surface area contributed by atoms with Gasteiger partial charge >= 0.3 is 6.03 Å². The molecule has 0 spiro atoms. The molecule has 0 aliphatic carbocycles. The maximum atomic E-state index is 15.1. The lowest BCUT2D eigenvalue weighted by Crippen LogP contribution is -2.49. The molecule has 2 aromatic heterocycles. The smallest absolute Gasteiger partial charge is 0.328 e. The molecule has 2 N–H and O–H groups in total. The molecule has 0 radical (unpaired) electrons. The molecule has 5 heterocycles. The summed E-state index contributed by atoms with van der Waals surface area (Å²) in [5.74, 6) is -0.245. The van der Waals surface area contributed by atoms with Gasteiger partial charge in [-0.1, -0.05) is 0 Å². The SMILES string of the molecule is O=C1CCN(c2cncc3c2ccn3C2CCN(CC3(F)CCNCC3)CC2)C(=O)N1. The van der Waals surface area contributed by atoms with E-state index in [9.17, 15) is 9.59 Å². The van der Waals surface area contributed by atoms with Crippen LogP contribution in [0.2, 0.25) is 0 Å². The van der Waals surface area contributed by atoms with Gasteiger partial charge in [-0.3, -0.25) is 20.0 Å². The lowest BCUT2D eigenvalue weighted by molar-refractivity contribution is -0.120. The van der Waals surface area contributed by atoms with Crippen LogP contribution in [0.4, 0.5) is 14.9 Å². The number of nitrogens with one attached hydrogen (secondary N) is 2. The van der Waals surface area contributed by atoms with E-state index in [0.717, 1.165) is 55.6 Å². The van der Waals surface area contributed by atoms with Crippen molar-refractivity contribution in [2.24, 2.45) is 0 Å². The molecule has 5 rings (SSSR count). The fourth-order valence-corrected chi connectivity index (χ4v) is 5.18. The van der Waals surface area contributed by atoms with Crippen molar-refractivity contribution < 1.29 is 14.0 Å². The van der Waals surface area contributed by atoms with Crippen LogP contribution in [0.25, 0.3) is 10.9 Å². The molecule has 166 valence electrons. The highest BCUT2D eigenvalue weighted by Gasteiger charge is 2.35. The fraction of sp³-hybridized carbons (Fsp3) is 0.591. The molecule has 9 heteroatoms. The number of likely N-dealkylation sites (tertiary alicyclic amines) is 1. The lowest BCUT2D eigenvalue weighted by Gasteiger charge is -2.39. The summed E-state index contributed by atoms with van der Waals surface area (Å²) in [6.45, 7) is 4.18. The molecule has 3 aliphatic rings. The number of anilines is 1. The zero-order valence-electron chi connectivity index (χ0n) is 17.6. The zero-order chi connectivity index (χ0) is 21.4. The van der Waals surface area contributed by atoms with Crippen molar-refractivity contribution in [3.8, 4) is 0 Å². The van der Waals surface area contributed by atoms with E-state index in [4.69, 9.17) is 0 Å². The predicted octanol–water partition coefficient (Wildman–Crippen LogP) is 2.21. The van der Waals surface area contributed by atoms with Gasteiger partial charge in [0.25, 0.3) is 0 Å². The van der Waals surface area contributed by atoms with Gasteiger partial charge in [-0.15, -0.1) is 0 Å². The molecule has 0 aromatic carbocycles. The maximum absolute atomic E-state index is 15.1. The summed E-state index contributed by atoms with van der Waals surface area (Å²) in [5.41, 5.74) is 0.651. The molecule has 0 saturated carbocycles. The predicted molar refractivity (Wildman–Crippen MR) is 116 cm³/mol. The van der Waals surface area contributed by atoms with Crippen LogP contribution >= 0.6 is 0 Å². The quantitative estimate of drug-likeness (QED) is 0.780. The third kappa shape index (κ3) is 4.04. The van der Waals surface area contributed by atoms with Crippen LogP contribution in [0.5, 0.6) is 0 Å². The van der Waals surface area contributed by atoms with Crippen molar-refractivity contribution in [2.45, 2.75) is 43.8 Å². The Morgan fingerprint density at radius 1 is 1.13 bits per heavy atom. The van der Waals surface area contributed by atoms with Gasteiger partial charge in [0.2, 0.25) is 5.91 Å². The largest absolute Gasteiger partial charge is 0.343 e.